The molecule has 0 aromatic rings. The molecule has 0 rings (SSSR count). The van der Waals surface area contributed by atoms with Crippen LogP contribution in [0.3, 0.4) is 0 Å². The first-order valence-electron chi connectivity index (χ1n) is 7.95. The van der Waals surface area contributed by atoms with Gasteiger partial charge in [-0.1, -0.05) is 0 Å². The SMILES string of the molecule is CCOC(=O)C(NC(=O)OC(C)(C)C)C(C)OC(=O)CCS(=O)(=O)OC. The fraction of sp³-hybridized carbons (Fsp3) is 0.800. The van der Waals surface area contributed by atoms with Crippen LogP contribution in [0.2, 0.25) is 0 Å². The van der Waals surface area contributed by atoms with Crippen molar-refractivity contribution >= 4 is 28.1 Å². The second-order valence-corrected chi connectivity index (χ2v) is 8.11. The van der Waals surface area contributed by atoms with E-state index in [0.29, 0.717) is 0 Å². The summed E-state index contributed by atoms with van der Waals surface area (Å²) in [4.78, 5) is 35.7. The molecule has 152 valence electrons. The molecule has 0 fully saturated rings. The molecular weight excluding hydrogens is 370 g/mol. The highest BCUT2D eigenvalue weighted by molar-refractivity contribution is 7.86. The molecule has 0 saturated carbocycles. The summed E-state index contributed by atoms with van der Waals surface area (Å²) in [5.41, 5.74) is -0.794. The van der Waals surface area contributed by atoms with Crippen LogP contribution in [0.5, 0.6) is 0 Å². The molecule has 0 heterocycles. The van der Waals surface area contributed by atoms with E-state index in [9.17, 15) is 22.8 Å². The van der Waals surface area contributed by atoms with E-state index in [4.69, 9.17) is 14.2 Å². The average Bonchev–Trinajstić information content (AvgIpc) is 2.49. The Morgan fingerprint density at radius 2 is 1.73 bits per heavy atom. The number of hydrogen-bond acceptors (Lipinski definition) is 9. The molecule has 2 unspecified atom stereocenters. The zero-order valence-electron chi connectivity index (χ0n) is 15.9. The Hall–Kier alpha value is -1.88. The summed E-state index contributed by atoms with van der Waals surface area (Å²) in [6, 6.07) is -1.31. The molecule has 0 aliphatic carbocycles. The van der Waals surface area contributed by atoms with Gasteiger partial charge >= 0.3 is 18.0 Å². The van der Waals surface area contributed by atoms with Gasteiger partial charge in [0.15, 0.2) is 6.04 Å². The Bertz CT molecular complexity index is 595. The molecule has 11 heteroatoms. The normalized spacial score (nSPS) is 14.1. The van der Waals surface area contributed by atoms with Gasteiger partial charge in [-0.05, 0) is 34.6 Å². The van der Waals surface area contributed by atoms with Crippen LogP contribution in [0.4, 0.5) is 4.79 Å². The summed E-state index contributed by atoms with van der Waals surface area (Å²) in [5, 5.41) is 2.29. The van der Waals surface area contributed by atoms with Gasteiger partial charge in [0.1, 0.15) is 11.7 Å². The number of carbonyl (C=O) groups is 3. The molecule has 0 aromatic carbocycles. The Balaban J connectivity index is 4.94. The lowest BCUT2D eigenvalue weighted by Gasteiger charge is -2.26. The van der Waals surface area contributed by atoms with Crippen molar-refractivity contribution in [1.82, 2.24) is 5.32 Å². The largest absolute Gasteiger partial charge is 0.464 e. The summed E-state index contributed by atoms with van der Waals surface area (Å²) in [6.45, 7) is 7.93. The van der Waals surface area contributed by atoms with Crippen molar-refractivity contribution < 1.29 is 41.2 Å². The highest BCUT2D eigenvalue weighted by atomic mass is 32.2. The topological polar surface area (TPSA) is 134 Å². The lowest BCUT2D eigenvalue weighted by Crippen LogP contribution is -2.51. The summed E-state index contributed by atoms with van der Waals surface area (Å²) in [5.74, 6) is -2.26. The van der Waals surface area contributed by atoms with Gasteiger partial charge < -0.3 is 19.5 Å². The fourth-order valence-corrected chi connectivity index (χ4v) is 2.24. The second-order valence-electron chi connectivity index (χ2n) is 6.25. The Labute approximate surface area is 153 Å². The van der Waals surface area contributed by atoms with Crippen LogP contribution in [0.1, 0.15) is 41.0 Å². The van der Waals surface area contributed by atoms with E-state index in [1.165, 1.54) is 6.92 Å². The first-order chi connectivity index (χ1) is 11.8. The van der Waals surface area contributed by atoms with Crippen molar-refractivity contribution in [2.24, 2.45) is 0 Å². The molecule has 1 amide bonds. The number of ether oxygens (including phenoxy) is 3. The van der Waals surface area contributed by atoms with Gasteiger partial charge in [-0.3, -0.25) is 8.98 Å². The summed E-state index contributed by atoms with van der Waals surface area (Å²) < 4.78 is 41.6. The third kappa shape index (κ3) is 10.2. The van der Waals surface area contributed by atoms with E-state index in [1.807, 2.05) is 0 Å². The Morgan fingerprint density at radius 3 is 2.19 bits per heavy atom. The van der Waals surface area contributed by atoms with Gasteiger partial charge in [-0.25, -0.2) is 9.59 Å². The third-order valence-electron chi connectivity index (χ3n) is 2.81. The predicted octanol–water partition coefficient (Wildman–Crippen LogP) is 0.741. The van der Waals surface area contributed by atoms with Crippen LogP contribution < -0.4 is 5.32 Å². The minimum atomic E-state index is -3.82. The van der Waals surface area contributed by atoms with Crippen molar-refractivity contribution in [2.75, 3.05) is 19.5 Å². The van der Waals surface area contributed by atoms with E-state index >= 15 is 0 Å². The number of hydrogen-bond donors (Lipinski definition) is 1. The number of amides is 1. The maximum atomic E-state index is 12.0. The number of rotatable bonds is 9. The minimum absolute atomic E-state index is 0.0537. The van der Waals surface area contributed by atoms with Gasteiger partial charge in [0, 0.05) is 0 Å². The van der Waals surface area contributed by atoms with E-state index in [-0.39, 0.29) is 6.61 Å². The van der Waals surface area contributed by atoms with Crippen LogP contribution in [-0.2, 0) is 38.1 Å². The maximum absolute atomic E-state index is 12.0. The van der Waals surface area contributed by atoms with Crippen molar-refractivity contribution in [2.45, 2.75) is 58.8 Å². The highest BCUT2D eigenvalue weighted by Gasteiger charge is 2.32. The van der Waals surface area contributed by atoms with Gasteiger partial charge in [-0.15, -0.1) is 0 Å². The monoisotopic (exact) mass is 397 g/mol. The summed E-state index contributed by atoms with van der Waals surface area (Å²) in [6.07, 6.45) is -2.47. The lowest BCUT2D eigenvalue weighted by molar-refractivity contribution is -0.157. The first kappa shape index (κ1) is 24.1. The molecule has 26 heavy (non-hydrogen) atoms. The smallest absolute Gasteiger partial charge is 0.408 e. The van der Waals surface area contributed by atoms with Crippen molar-refractivity contribution in [3.63, 3.8) is 0 Å². The summed E-state index contributed by atoms with van der Waals surface area (Å²) >= 11 is 0. The highest BCUT2D eigenvalue weighted by Crippen LogP contribution is 2.10. The van der Waals surface area contributed by atoms with Gasteiger partial charge in [0.05, 0.1) is 25.9 Å². The van der Waals surface area contributed by atoms with Crippen LogP contribution in [0.25, 0.3) is 0 Å². The molecule has 2 atom stereocenters. The molecule has 0 aromatic heterocycles. The molecule has 0 saturated heterocycles. The molecule has 1 N–H and O–H groups in total. The van der Waals surface area contributed by atoms with Crippen molar-refractivity contribution in [3.8, 4) is 0 Å². The van der Waals surface area contributed by atoms with Crippen molar-refractivity contribution in [3.05, 3.63) is 0 Å². The Kier molecular flexibility index (Phi) is 9.57. The number of alkyl carbamates (subject to hydrolysis) is 1. The zero-order valence-corrected chi connectivity index (χ0v) is 16.7. The third-order valence-corrected chi connectivity index (χ3v) is 4.02. The molecular formula is C15H27NO9S. The van der Waals surface area contributed by atoms with E-state index in [1.54, 1.807) is 27.7 Å². The second kappa shape index (κ2) is 10.3. The number of nitrogens with one attached hydrogen (secondary N) is 1. The number of esters is 2. The zero-order chi connectivity index (χ0) is 20.5. The van der Waals surface area contributed by atoms with Gasteiger partial charge in [0.2, 0.25) is 0 Å². The van der Waals surface area contributed by atoms with Crippen LogP contribution in [0, 0.1) is 0 Å². The lowest BCUT2D eigenvalue weighted by atomic mass is 10.2. The quantitative estimate of drug-likeness (QED) is 0.339. The molecule has 0 radical (unpaired) electrons. The minimum Gasteiger partial charge on any atom is -0.464 e. The van der Waals surface area contributed by atoms with E-state index in [2.05, 4.69) is 9.50 Å². The molecule has 0 spiro atoms. The van der Waals surface area contributed by atoms with Gasteiger partial charge in [0.25, 0.3) is 10.1 Å². The first-order valence-corrected chi connectivity index (χ1v) is 9.53. The number of carbonyl (C=O) groups excluding carboxylic acids is 3. The molecule has 0 aliphatic rings. The molecule has 0 aliphatic heterocycles. The predicted molar refractivity (Wildman–Crippen MR) is 90.8 cm³/mol. The van der Waals surface area contributed by atoms with Crippen molar-refractivity contribution in [1.29, 1.82) is 0 Å². The van der Waals surface area contributed by atoms with Gasteiger partial charge in [-0.2, -0.15) is 8.42 Å². The van der Waals surface area contributed by atoms with Crippen LogP contribution in [-0.4, -0.2) is 63.7 Å². The summed E-state index contributed by atoms with van der Waals surface area (Å²) in [7, 11) is -2.84. The van der Waals surface area contributed by atoms with Crippen LogP contribution >= 0.6 is 0 Å². The average molecular weight is 397 g/mol. The van der Waals surface area contributed by atoms with E-state index < -0.39 is 58.1 Å². The molecule has 0 bridgehead atoms. The van der Waals surface area contributed by atoms with Crippen LogP contribution in [0.15, 0.2) is 0 Å². The fourth-order valence-electron chi connectivity index (χ4n) is 1.66. The standard InChI is InChI=1S/C15H27NO9S/c1-7-23-13(18)12(16-14(19)25-15(3,4)5)10(2)24-11(17)8-9-26(20,21)22-6/h10,12H,7-9H2,1-6H3,(H,16,19). The van der Waals surface area contributed by atoms with E-state index in [0.717, 1.165) is 7.11 Å². The maximum Gasteiger partial charge on any atom is 0.408 e. The Morgan fingerprint density at radius 1 is 1.15 bits per heavy atom. The molecule has 10 nitrogen and oxygen atoms in total.